The summed E-state index contributed by atoms with van der Waals surface area (Å²) in [6.07, 6.45) is 4.64. The van der Waals surface area contributed by atoms with Gasteiger partial charge in [-0.15, -0.1) is 0 Å². The molecule has 0 aromatic heterocycles. The van der Waals surface area contributed by atoms with E-state index in [0.717, 1.165) is 30.4 Å². The molecular weight excluding hydrogens is 372 g/mol. The molecule has 146 valence electrons. The second kappa shape index (κ2) is 7.78. The zero-order valence-electron chi connectivity index (χ0n) is 16.4. The lowest BCUT2D eigenvalue weighted by Crippen LogP contribution is -2.42. The van der Waals surface area contributed by atoms with Gasteiger partial charge in [0.1, 0.15) is 17.6 Å². The van der Waals surface area contributed by atoms with Crippen molar-refractivity contribution in [3.8, 4) is 29.7 Å². The number of ether oxygens (including phenoxy) is 1. The van der Waals surface area contributed by atoms with Gasteiger partial charge in [0.25, 0.3) is 0 Å². The minimum Gasteiger partial charge on any atom is -0.457 e. The van der Waals surface area contributed by atoms with E-state index < -0.39 is 11.3 Å². The normalized spacial score (nSPS) is 22.0. The summed E-state index contributed by atoms with van der Waals surface area (Å²) in [5, 5.41) is 29.9. The van der Waals surface area contributed by atoms with Crippen LogP contribution in [0.2, 0.25) is 0 Å². The zero-order chi connectivity index (χ0) is 21.1. The Bertz CT molecular complexity index is 1140. The molecule has 2 aliphatic rings. The molecule has 2 N–H and O–H groups in total. The Hall–Kier alpha value is -4.01. The summed E-state index contributed by atoms with van der Waals surface area (Å²) in [6, 6.07) is 23.4. The van der Waals surface area contributed by atoms with Crippen molar-refractivity contribution in [2.24, 2.45) is 17.1 Å². The predicted octanol–water partition coefficient (Wildman–Crippen LogP) is 5.07. The van der Waals surface area contributed by atoms with Crippen molar-refractivity contribution >= 4 is 0 Å². The maximum Gasteiger partial charge on any atom is 0.191 e. The second-order valence-corrected chi connectivity index (χ2v) is 7.59. The minimum absolute atomic E-state index is 0.0544. The molecule has 0 saturated heterocycles. The van der Waals surface area contributed by atoms with Gasteiger partial charge >= 0.3 is 0 Å². The van der Waals surface area contributed by atoms with Crippen molar-refractivity contribution in [3.63, 3.8) is 0 Å². The molecule has 0 bridgehead atoms. The highest BCUT2D eigenvalue weighted by Crippen LogP contribution is 2.56. The van der Waals surface area contributed by atoms with Crippen molar-refractivity contribution in [1.82, 2.24) is 0 Å². The minimum atomic E-state index is -1.60. The summed E-state index contributed by atoms with van der Waals surface area (Å²) in [6.45, 7) is 0. The van der Waals surface area contributed by atoms with Gasteiger partial charge in [0.15, 0.2) is 5.41 Å². The van der Waals surface area contributed by atoms with Gasteiger partial charge in [0.2, 0.25) is 0 Å². The first-order valence-electron chi connectivity index (χ1n) is 9.90. The first-order chi connectivity index (χ1) is 14.6. The van der Waals surface area contributed by atoms with Crippen LogP contribution in [0.1, 0.15) is 30.7 Å². The van der Waals surface area contributed by atoms with E-state index in [2.05, 4.69) is 18.2 Å². The monoisotopic (exact) mass is 392 g/mol. The molecule has 2 unspecified atom stereocenters. The number of benzene rings is 2. The van der Waals surface area contributed by atoms with Gasteiger partial charge in [-0.2, -0.15) is 15.8 Å². The lowest BCUT2D eigenvalue weighted by atomic mass is 9.57. The number of nitrogens with two attached hydrogens (primary N) is 1. The summed E-state index contributed by atoms with van der Waals surface area (Å²) < 4.78 is 5.97. The highest BCUT2D eigenvalue weighted by molar-refractivity contribution is 5.59. The van der Waals surface area contributed by atoms with Gasteiger partial charge in [0.05, 0.1) is 23.4 Å². The average molecular weight is 392 g/mol. The number of rotatable bonds is 3. The highest BCUT2D eigenvalue weighted by atomic mass is 16.5. The highest BCUT2D eigenvalue weighted by Gasteiger charge is 2.53. The molecule has 2 aromatic rings. The fraction of sp³-hybridized carbons (Fsp3) is 0.240. The molecule has 4 rings (SSSR count). The van der Waals surface area contributed by atoms with Crippen LogP contribution >= 0.6 is 0 Å². The van der Waals surface area contributed by atoms with E-state index in [1.165, 1.54) is 0 Å². The van der Waals surface area contributed by atoms with Crippen LogP contribution in [0.3, 0.4) is 0 Å². The molecule has 2 aliphatic carbocycles. The third-order valence-corrected chi connectivity index (χ3v) is 6.00. The van der Waals surface area contributed by atoms with Crippen LogP contribution in [0.25, 0.3) is 0 Å². The fourth-order valence-corrected chi connectivity index (χ4v) is 4.65. The van der Waals surface area contributed by atoms with Crippen molar-refractivity contribution in [1.29, 1.82) is 15.8 Å². The zero-order valence-corrected chi connectivity index (χ0v) is 16.4. The van der Waals surface area contributed by atoms with Gasteiger partial charge in [-0.25, -0.2) is 0 Å². The molecule has 0 amide bonds. The molecule has 5 heteroatoms. The topological polar surface area (TPSA) is 107 Å². The van der Waals surface area contributed by atoms with Crippen LogP contribution in [0.15, 0.2) is 77.5 Å². The van der Waals surface area contributed by atoms with Crippen LogP contribution in [-0.2, 0) is 0 Å². The predicted molar refractivity (Wildman–Crippen MR) is 112 cm³/mol. The van der Waals surface area contributed by atoms with E-state index in [0.29, 0.717) is 11.5 Å². The smallest absolute Gasteiger partial charge is 0.191 e. The molecule has 0 heterocycles. The van der Waals surface area contributed by atoms with Crippen molar-refractivity contribution in [2.45, 2.75) is 25.2 Å². The Balaban J connectivity index is 1.86. The largest absolute Gasteiger partial charge is 0.457 e. The molecular formula is C25H20N4O. The first kappa shape index (κ1) is 19.3. The Morgan fingerprint density at radius 2 is 1.70 bits per heavy atom. The summed E-state index contributed by atoms with van der Waals surface area (Å²) >= 11 is 0. The van der Waals surface area contributed by atoms with Gasteiger partial charge in [-0.05, 0) is 60.6 Å². The lowest BCUT2D eigenvalue weighted by molar-refractivity contribution is 0.317. The first-order valence-corrected chi connectivity index (χ1v) is 9.90. The van der Waals surface area contributed by atoms with Crippen molar-refractivity contribution in [2.75, 3.05) is 0 Å². The number of allylic oxidation sites excluding steroid dienone is 4. The van der Waals surface area contributed by atoms with E-state index in [9.17, 15) is 15.8 Å². The van der Waals surface area contributed by atoms with E-state index in [-0.39, 0.29) is 17.2 Å². The number of nitriles is 3. The molecule has 0 fully saturated rings. The quantitative estimate of drug-likeness (QED) is 0.784. The Labute approximate surface area is 175 Å². The maximum absolute atomic E-state index is 10.1. The molecule has 0 aliphatic heterocycles. The lowest BCUT2D eigenvalue weighted by Gasteiger charge is -2.43. The van der Waals surface area contributed by atoms with Crippen molar-refractivity contribution < 1.29 is 4.74 Å². The van der Waals surface area contributed by atoms with Crippen molar-refractivity contribution in [3.05, 3.63) is 83.1 Å². The average Bonchev–Trinajstić information content (AvgIpc) is 2.79. The molecule has 0 radical (unpaired) electrons. The van der Waals surface area contributed by atoms with E-state index in [1.54, 1.807) is 0 Å². The number of hydrogen-bond acceptors (Lipinski definition) is 5. The molecule has 0 spiro atoms. The summed E-state index contributed by atoms with van der Waals surface area (Å²) in [5.41, 5.74) is 6.74. The van der Waals surface area contributed by atoms with Crippen LogP contribution in [0.5, 0.6) is 11.5 Å². The van der Waals surface area contributed by atoms with E-state index >= 15 is 0 Å². The molecule has 2 aromatic carbocycles. The fourth-order valence-electron chi connectivity index (χ4n) is 4.65. The Morgan fingerprint density at radius 1 is 0.967 bits per heavy atom. The van der Waals surface area contributed by atoms with Crippen LogP contribution in [0.4, 0.5) is 0 Å². The molecule has 30 heavy (non-hydrogen) atoms. The number of fused-ring (bicyclic) bond motifs is 1. The number of para-hydroxylation sites is 1. The summed E-state index contributed by atoms with van der Waals surface area (Å²) in [4.78, 5) is 0. The van der Waals surface area contributed by atoms with Crippen LogP contribution < -0.4 is 10.5 Å². The van der Waals surface area contributed by atoms with E-state index in [1.807, 2.05) is 60.7 Å². The molecule has 5 nitrogen and oxygen atoms in total. The van der Waals surface area contributed by atoms with Crippen LogP contribution in [-0.4, -0.2) is 0 Å². The second-order valence-electron chi connectivity index (χ2n) is 7.59. The molecule has 2 atom stereocenters. The number of nitrogens with zero attached hydrogens (tertiary/aromatic N) is 3. The Kier molecular flexibility index (Phi) is 5.01. The van der Waals surface area contributed by atoms with Gasteiger partial charge in [-0.3, -0.25) is 0 Å². The summed E-state index contributed by atoms with van der Waals surface area (Å²) in [7, 11) is 0. The standard InChI is InChI=1S/C25H20N4O/c26-14-22-20-11-4-5-12-21(20)23(25(15-27,16-28)24(22)29)17-7-6-10-19(13-17)30-18-8-2-1-3-9-18/h1-3,6-11,13,21,23H,4-5,12,29H2. The Morgan fingerprint density at radius 3 is 2.40 bits per heavy atom. The van der Waals surface area contributed by atoms with Gasteiger partial charge in [-0.1, -0.05) is 36.4 Å². The third-order valence-electron chi connectivity index (χ3n) is 6.00. The summed E-state index contributed by atoms with van der Waals surface area (Å²) in [5.74, 6) is 0.732. The third kappa shape index (κ3) is 3.00. The molecule has 0 saturated carbocycles. The van der Waals surface area contributed by atoms with Crippen LogP contribution in [0, 0.1) is 45.3 Å². The van der Waals surface area contributed by atoms with E-state index in [4.69, 9.17) is 10.5 Å². The SMILES string of the molecule is N#CC1=C(N)C(C#N)(C#N)C(c2cccc(Oc3ccccc3)c2)C2CCCC=C12. The maximum atomic E-state index is 10.1. The van der Waals surface area contributed by atoms with Gasteiger partial charge in [0, 0.05) is 5.92 Å². The number of hydrogen-bond donors (Lipinski definition) is 1. The van der Waals surface area contributed by atoms with Gasteiger partial charge < -0.3 is 10.5 Å².